The SMILES string of the molecule is Cc1c(-c2ccc(Oc3cccc(F)c3)cc2)c2c(N)ncnc2n1C1CCCN(C(=O)C=CCN(C)C2CC2)C1. The number of rotatable bonds is 8. The second kappa shape index (κ2) is 11.3. The normalized spacial score (nSPS) is 17.6. The van der Waals surface area contributed by atoms with E-state index in [1.54, 1.807) is 18.2 Å². The number of piperidine rings is 1. The Labute approximate surface area is 239 Å². The van der Waals surface area contributed by atoms with Crippen LogP contribution in [0.25, 0.3) is 22.2 Å². The molecule has 2 fully saturated rings. The summed E-state index contributed by atoms with van der Waals surface area (Å²) in [4.78, 5) is 26.3. The summed E-state index contributed by atoms with van der Waals surface area (Å²) in [7, 11) is 2.11. The number of anilines is 1. The van der Waals surface area contributed by atoms with Crippen LogP contribution in [0.4, 0.5) is 10.2 Å². The highest BCUT2D eigenvalue weighted by Gasteiger charge is 2.29. The second-order valence-electron chi connectivity index (χ2n) is 11.0. The lowest BCUT2D eigenvalue weighted by Gasteiger charge is -2.34. The highest BCUT2D eigenvalue weighted by molar-refractivity contribution is 6.02. The molecule has 0 bridgehead atoms. The fraction of sp³-hybridized carbons (Fsp3) is 0.344. The van der Waals surface area contributed by atoms with Crippen molar-refractivity contribution in [2.75, 3.05) is 32.4 Å². The number of nitrogen functional groups attached to an aromatic ring is 1. The van der Waals surface area contributed by atoms with Crippen LogP contribution < -0.4 is 10.5 Å². The molecule has 6 rings (SSSR count). The van der Waals surface area contributed by atoms with Gasteiger partial charge in [0.2, 0.25) is 5.91 Å². The van der Waals surface area contributed by atoms with Gasteiger partial charge in [-0.3, -0.25) is 9.69 Å². The standard InChI is InChI=1S/C32H35FN6O2/c1-21-29(22-10-14-26(15-11-22)41-27-8-3-6-23(33)18-27)30-31(34)35-20-36-32(30)39(21)25-7-4-17-38(19-25)28(40)9-5-16-37(2)24-12-13-24/h3,5-6,8-11,14-15,18,20,24-25H,4,7,12-13,16-17,19H2,1-2H3,(H2,34,35,36). The number of halogens is 1. The van der Waals surface area contributed by atoms with Gasteiger partial charge in [0, 0.05) is 49.1 Å². The Morgan fingerprint density at radius 3 is 2.71 bits per heavy atom. The topological polar surface area (TPSA) is 89.5 Å². The van der Waals surface area contributed by atoms with Crippen molar-refractivity contribution in [3.63, 3.8) is 0 Å². The maximum atomic E-state index is 13.6. The van der Waals surface area contributed by atoms with Crippen LogP contribution >= 0.6 is 0 Å². The molecule has 41 heavy (non-hydrogen) atoms. The summed E-state index contributed by atoms with van der Waals surface area (Å²) in [6.45, 7) is 4.21. The van der Waals surface area contributed by atoms with Gasteiger partial charge >= 0.3 is 0 Å². The predicted molar refractivity (Wildman–Crippen MR) is 158 cm³/mol. The van der Waals surface area contributed by atoms with Gasteiger partial charge in [-0.1, -0.05) is 24.3 Å². The summed E-state index contributed by atoms with van der Waals surface area (Å²) >= 11 is 0. The first-order chi connectivity index (χ1) is 19.9. The van der Waals surface area contributed by atoms with Crippen LogP contribution in [0.1, 0.15) is 37.4 Å². The van der Waals surface area contributed by atoms with E-state index in [0.29, 0.717) is 29.9 Å². The first-order valence-electron chi connectivity index (χ1n) is 14.2. The van der Waals surface area contributed by atoms with Crippen LogP contribution in [0, 0.1) is 12.7 Å². The van der Waals surface area contributed by atoms with Gasteiger partial charge in [-0.2, -0.15) is 0 Å². The molecule has 1 aliphatic carbocycles. The summed E-state index contributed by atoms with van der Waals surface area (Å²) in [6.07, 6.45) is 9.55. The Hall–Kier alpha value is -4.24. The van der Waals surface area contributed by atoms with Crippen molar-refractivity contribution in [1.29, 1.82) is 0 Å². The molecule has 1 amide bonds. The van der Waals surface area contributed by atoms with Crippen molar-refractivity contribution in [2.45, 2.75) is 44.7 Å². The largest absolute Gasteiger partial charge is 0.457 e. The second-order valence-corrected chi connectivity index (χ2v) is 11.0. The van der Waals surface area contributed by atoms with Crippen LogP contribution in [0.3, 0.4) is 0 Å². The molecule has 1 unspecified atom stereocenters. The van der Waals surface area contributed by atoms with E-state index < -0.39 is 0 Å². The third-order valence-corrected chi connectivity index (χ3v) is 8.13. The molecular formula is C32H35FN6O2. The average molecular weight is 555 g/mol. The minimum atomic E-state index is -0.349. The van der Waals surface area contributed by atoms with Crippen molar-refractivity contribution in [1.82, 2.24) is 24.3 Å². The number of nitrogens with two attached hydrogens (primary N) is 1. The number of hydrogen-bond acceptors (Lipinski definition) is 6. The minimum absolute atomic E-state index is 0.0521. The van der Waals surface area contributed by atoms with Gasteiger partial charge in [0.05, 0.1) is 11.4 Å². The zero-order chi connectivity index (χ0) is 28.5. The lowest BCUT2D eigenvalue weighted by Crippen LogP contribution is -2.40. The molecule has 9 heteroatoms. The van der Waals surface area contributed by atoms with Crippen LogP contribution in [0.5, 0.6) is 11.5 Å². The number of hydrogen-bond donors (Lipinski definition) is 1. The van der Waals surface area contributed by atoms with Gasteiger partial charge in [0.1, 0.15) is 35.1 Å². The molecule has 2 aromatic heterocycles. The average Bonchev–Trinajstić information content (AvgIpc) is 3.77. The Morgan fingerprint density at radius 1 is 1.15 bits per heavy atom. The highest BCUT2D eigenvalue weighted by atomic mass is 19.1. The number of likely N-dealkylation sites (N-methyl/N-ethyl adjacent to an activating group) is 1. The molecule has 2 N–H and O–H groups in total. The van der Waals surface area contributed by atoms with E-state index in [9.17, 15) is 9.18 Å². The number of fused-ring (bicyclic) bond motifs is 1. The molecule has 4 aromatic rings. The molecule has 3 heterocycles. The first-order valence-corrected chi connectivity index (χ1v) is 14.2. The third kappa shape index (κ3) is 5.67. The predicted octanol–water partition coefficient (Wildman–Crippen LogP) is 5.73. The Bertz CT molecular complexity index is 1590. The monoisotopic (exact) mass is 554 g/mol. The van der Waals surface area contributed by atoms with Crippen LogP contribution in [-0.2, 0) is 4.79 Å². The number of amides is 1. The number of carbonyl (C=O) groups is 1. The number of ether oxygens (including phenoxy) is 1. The number of carbonyl (C=O) groups excluding carboxylic acids is 1. The maximum absolute atomic E-state index is 13.6. The summed E-state index contributed by atoms with van der Waals surface area (Å²) in [5.41, 5.74) is 10.1. The van der Waals surface area contributed by atoms with E-state index >= 15 is 0 Å². The fourth-order valence-electron chi connectivity index (χ4n) is 5.88. The molecule has 1 aliphatic heterocycles. The highest BCUT2D eigenvalue weighted by Crippen LogP contribution is 2.40. The first kappa shape index (κ1) is 27.0. The minimum Gasteiger partial charge on any atom is -0.457 e. The van der Waals surface area contributed by atoms with Gasteiger partial charge < -0.3 is 19.9 Å². The van der Waals surface area contributed by atoms with Crippen LogP contribution in [0.15, 0.2) is 67.0 Å². The third-order valence-electron chi connectivity index (χ3n) is 8.13. The van der Waals surface area contributed by atoms with E-state index in [1.165, 1.54) is 31.3 Å². The molecule has 2 aromatic carbocycles. The van der Waals surface area contributed by atoms with Gasteiger partial charge in [0.25, 0.3) is 0 Å². The Kier molecular flexibility index (Phi) is 7.45. The van der Waals surface area contributed by atoms with Crippen molar-refractivity contribution < 1.29 is 13.9 Å². The summed E-state index contributed by atoms with van der Waals surface area (Å²) < 4.78 is 21.7. The molecule has 0 radical (unpaired) electrons. The van der Waals surface area contributed by atoms with E-state index in [4.69, 9.17) is 10.5 Å². The Balaban J connectivity index is 1.26. The molecule has 212 valence electrons. The number of likely N-dealkylation sites (tertiary alicyclic amines) is 1. The molecule has 8 nitrogen and oxygen atoms in total. The summed E-state index contributed by atoms with van der Waals surface area (Å²) in [6, 6.07) is 14.4. The van der Waals surface area contributed by atoms with Gasteiger partial charge in [-0.25, -0.2) is 14.4 Å². The number of nitrogens with zero attached hydrogens (tertiary/aromatic N) is 5. The zero-order valence-electron chi connectivity index (χ0n) is 23.5. The lowest BCUT2D eigenvalue weighted by molar-refractivity contribution is -0.127. The number of benzene rings is 2. The number of aromatic nitrogens is 3. The Morgan fingerprint density at radius 2 is 1.95 bits per heavy atom. The molecule has 0 spiro atoms. The smallest absolute Gasteiger partial charge is 0.246 e. The van der Waals surface area contributed by atoms with E-state index in [0.717, 1.165) is 53.8 Å². The van der Waals surface area contributed by atoms with E-state index in [1.807, 2.05) is 35.2 Å². The molecular weight excluding hydrogens is 519 g/mol. The zero-order valence-corrected chi connectivity index (χ0v) is 23.5. The van der Waals surface area contributed by atoms with E-state index in [2.05, 4.69) is 33.4 Å². The van der Waals surface area contributed by atoms with Crippen molar-refractivity contribution in [3.8, 4) is 22.6 Å². The summed E-state index contributed by atoms with van der Waals surface area (Å²) in [5.74, 6) is 1.15. The van der Waals surface area contributed by atoms with Gasteiger partial charge in [-0.15, -0.1) is 0 Å². The van der Waals surface area contributed by atoms with Crippen molar-refractivity contribution in [2.24, 2.45) is 0 Å². The quantitative estimate of drug-likeness (QED) is 0.280. The van der Waals surface area contributed by atoms with Crippen molar-refractivity contribution >= 4 is 22.8 Å². The van der Waals surface area contributed by atoms with Crippen molar-refractivity contribution in [3.05, 3.63) is 78.5 Å². The lowest BCUT2D eigenvalue weighted by atomic mass is 10.0. The van der Waals surface area contributed by atoms with E-state index in [-0.39, 0.29) is 17.8 Å². The van der Waals surface area contributed by atoms with Crippen LogP contribution in [-0.4, -0.2) is 63.0 Å². The molecule has 1 saturated heterocycles. The van der Waals surface area contributed by atoms with Gasteiger partial charge in [-0.05, 0) is 69.5 Å². The fourth-order valence-corrected chi connectivity index (χ4v) is 5.88. The summed E-state index contributed by atoms with van der Waals surface area (Å²) in [5, 5.41) is 0.801. The maximum Gasteiger partial charge on any atom is 0.246 e. The molecule has 1 saturated carbocycles. The van der Waals surface area contributed by atoms with Gasteiger partial charge in [0.15, 0.2) is 0 Å². The van der Waals surface area contributed by atoms with Crippen LogP contribution in [0.2, 0.25) is 0 Å². The molecule has 1 atom stereocenters. The molecule has 2 aliphatic rings.